The van der Waals surface area contributed by atoms with Gasteiger partial charge in [0, 0.05) is 5.25 Å². The van der Waals surface area contributed by atoms with Crippen LogP contribution in [0.1, 0.15) is 25.7 Å². The third kappa shape index (κ3) is 2.63. The molecule has 0 N–H and O–H groups in total. The number of hydrogen-bond donors (Lipinski definition) is 0. The van der Waals surface area contributed by atoms with Gasteiger partial charge in [-0.05, 0) is 12.8 Å². The minimum absolute atomic E-state index is 0. The van der Waals surface area contributed by atoms with Crippen molar-refractivity contribution in [2.24, 2.45) is 0 Å². The average Bonchev–Trinajstić information content (AvgIpc) is 2.08. The molecule has 0 aromatic carbocycles. The SMILES string of the molecule is O=S(=O)([O-])C1CCCC1.[Li+]. The van der Waals surface area contributed by atoms with E-state index in [1.807, 2.05) is 0 Å². The molecular weight excluding hydrogens is 147 g/mol. The van der Waals surface area contributed by atoms with Crippen LogP contribution < -0.4 is 18.9 Å². The summed E-state index contributed by atoms with van der Waals surface area (Å²) < 4.78 is 30.8. The Kier molecular flexibility index (Phi) is 3.96. The summed E-state index contributed by atoms with van der Waals surface area (Å²) >= 11 is 0. The van der Waals surface area contributed by atoms with Crippen molar-refractivity contribution in [1.29, 1.82) is 0 Å². The van der Waals surface area contributed by atoms with Gasteiger partial charge in [-0.15, -0.1) is 0 Å². The molecule has 0 bridgehead atoms. The first-order chi connectivity index (χ1) is 4.11. The van der Waals surface area contributed by atoms with Gasteiger partial charge >= 0.3 is 18.9 Å². The maximum Gasteiger partial charge on any atom is 1.00 e. The van der Waals surface area contributed by atoms with Crippen LogP contribution >= 0.6 is 0 Å². The molecule has 0 atom stereocenters. The summed E-state index contributed by atoms with van der Waals surface area (Å²) in [7, 11) is -3.95. The normalized spacial score (nSPS) is 20.5. The average molecular weight is 156 g/mol. The minimum Gasteiger partial charge on any atom is -0.748 e. The van der Waals surface area contributed by atoms with Crippen LogP contribution in [0.3, 0.4) is 0 Å². The third-order valence-corrected chi connectivity index (χ3v) is 3.00. The van der Waals surface area contributed by atoms with Gasteiger partial charge in [-0.2, -0.15) is 0 Å². The molecule has 0 saturated heterocycles. The van der Waals surface area contributed by atoms with Crippen molar-refractivity contribution in [3.05, 3.63) is 0 Å². The molecule has 1 aliphatic rings. The van der Waals surface area contributed by atoms with Gasteiger partial charge < -0.3 is 4.55 Å². The molecule has 1 saturated carbocycles. The van der Waals surface area contributed by atoms with E-state index >= 15 is 0 Å². The molecule has 10 heavy (non-hydrogen) atoms. The van der Waals surface area contributed by atoms with Gasteiger partial charge in [0.15, 0.2) is 0 Å². The first-order valence-corrected chi connectivity index (χ1v) is 4.52. The molecule has 0 heterocycles. The molecule has 5 heteroatoms. The van der Waals surface area contributed by atoms with Gasteiger partial charge in [0.05, 0.1) is 10.1 Å². The molecule has 0 unspecified atom stereocenters. The zero-order chi connectivity index (χ0) is 6.91. The predicted octanol–water partition coefficient (Wildman–Crippen LogP) is -2.52. The minimum atomic E-state index is -3.95. The van der Waals surface area contributed by atoms with Crippen LogP contribution in [0.15, 0.2) is 0 Å². The van der Waals surface area contributed by atoms with Crippen molar-refractivity contribution in [3.63, 3.8) is 0 Å². The smallest absolute Gasteiger partial charge is 0.748 e. The molecule has 1 rings (SSSR count). The van der Waals surface area contributed by atoms with E-state index in [0.717, 1.165) is 12.8 Å². The van der Waals surface area contributed by atoms with Gasteiger partial charge in [0.1, 0.15) is 0 Å². The first kappa shape index (κ1) is 10.5. The topological polar surface area (TPSA) is 57.2 Å². The largest absolute Gasteiger partial charge is 1.00 e. The quantitative estimate of drug-likeness (QED) is 0.311. The summed E-state index contributed by atoms with van der Waals surface area (Å²) in [4.78, 5) is 0. The van der Waals surface area contributed by atoms with Gasteiger partial charge in [-0.1, -0.05) is 12.8 Å². The van der Waals surface area contributed by atoms with Crippen LogP contribution in [0.5, 0.6) is 0 Å². The van der Waals surface area contributed by atoms with E-state index in [2.05, 4.69) is 0 Å². The van der Waals surface area contributed by atoms with Crippen LogP contribution in [0.2, 0.25) is 0 Å². The predicted molar refractivity (Wildman–Crippen MR) is 32.0 cm³/mol. The number of hydrogen-bond acceptors (Lipinski definition) is 3. The van der Waals surface area contributed by atoms with Crippen molar-refractivity contribution < 1.29 is 31.8 Å². The summed E-state index contributed by atoms with van der Waals surface area (Å²) in [5, 5.41) is -0.572. The second-order valence-electron chi connectivity index (χ2n) is 2.40. The first-order valence-electron chi connectivity index (χ1n) is 3.05. The maximum atomic E-state index is 10.3. The van der Waals surface area contributed by atoms with E-state index in [0.29, 0.717) is 12.8 Å². The van der Waals surface area contributed by atoms with E-state index in [-0.39, 0.29) is 18.9 Å². The van der Waals surface area contributed by atoms with Gasteiger partial charge in [0.2, 0.25) is 0 Å². The third-order valence-electron chi connectivity index (χ3n) is 1.71. The molecule has 0 aromatic rings. The molecule has 1 aliphatic carbocycles. The van der Waals surface area contributed by atoms with Crippen LogP contribution in [0.25, 0.3) is 0 Å². The van der Waals surface area contributed by atoms with Crippen molar-refractivity contribution in [2.45, 2.75) is 30.9 Å². The van der Waals surface area contributed by atoms with E-state index in [1.54, 1.807) is 0 Å². The maximum absolute atomic E-state index is 10.3. The second kappa shape index (κ2) is 3.77. The van der Waals surface area contributed by atoms with E-state index < -0.39 is 15.4 Å². The van der Waals surface area contributed by atoms with Gasteiger partial charge in [0.25, 0.3) is 0 Å². The van der Waals surface area contributed by atoms with Crippen molar-refractivity contribution in [3.8, 4) is 0 Å². The standard InChI is InChI=1S/C5H10O3S.Li/c6-9(7,8)5-3-1-2-4-5;/h5H,1-4H2,(H,6,7,8);/q;+1/p-1. The van der Waals surface area contributed by atoms with E-state index in [9.17, 15) is 13.0 Å². The molecule has 0 aliphatic heterocycles. The fourth-order valence-corrected chi connectivity index (χ4v) is 2.09. The van der Waals surface area contributed by atoms with Crippen molar-refractivity contribution in [2.75, 3.05) is 0 Å². The summed E-state index contributed by atoms with van der Waals surface area (Å²) in [6, 6.07) is 0. The zero-order valence-corrected chi connectivity index (χ0v) is 6.86. The molecule has 0 spiro atoms. The Morgan fingerprint density at radius 1 is 1.20 bits per heavy atom. The Morgan fingerprint density at radius 3 is 1.80 bits per heavy atom. The van der Waals surface area contributed by atoms with Crippen molar-refractivity contribution >= 4 is 10.1 Å². The molecule has 54 valence electrons. The van der Waals surface area contributed by atoms with Gasteiger partial charge in [-0.25, -0.2) is 8.42 Å². The Bertz CT molecular complexity index is 181. The summed E-state index contributed by atoms with van der Waals surface area (Å²) in [5.74, 6) is 0. The summed E-state index contributed by atoms with van der Waals surface area (Å²) in [5.41, 5.74) is 0. The zero-order valence-electron chi connectivity index (χ0n) is 6.04. The Morgan fingerprint density at radius 2 is 1.60 bits per heavy atom. The molecule has 3 nitrogen and oxygen atoms in total. The van der Waals surface area contributed by atoms with E-state index in [4.69, 9.17) is 0 Å². The molecule has 0 amide bonds. The Hall–Kier alpha value is 0.507. The monoisotopic (exact) mass is 156 g/mol. The summed E-state index contributed by atoms with van der Waals surface area (Å²) in [6.07, 6.45) is 2.94. The van der Waals surface area contributed by atoms with Crippen LogP contribution in [0, 0.1) is 0 Å². The van der Waals surface area contributed by atoms with E-state index in [1.165, 1.54) is 0 Å². The Labute approximate surface area is 73.1 Å². The second-order valence-corrected chi connectivity index (χ2v) is 4.05. The van der Waals surface area contributed by atoms with Crippen LogP contribution in [0.4, 0.5) is 0 Å². The fraction of sp³-hybridized carbons (Fsp3) is 1.00. The molecule has 1 fully saturated rings. The van der Waals surface area contributed by atoms with Crippen LogP contribution in [-0.4, -0.2) is 18.2 Å². The fourth-order valence-electron chi connectivity index (χ4n) is 1.18. The molecular formula is C5H9LiO3S. The van der Waals surface area contributed by atoms with Gasteiger partial charge in [-0.3, -0.25) is 0 Å². The van der Waals surface area contributed by atoms with Crippen LogP contribution in [-0.2, 0) is 10.1 Å². The molecule has 0 radical (unpaired) electrons. The summed E-state index contributed by atoms with van der Waals surface area (Å²) in [6.45, 7) is 0. The Balaban J connectivity index is 0.000000810. The van der Waals surface area contributed by atoms with Crippen molar-refractivity contribution in [1.82, 2.24) is 0 Å². The molecule has 0 aromatic heterocycles. The number of rotatable bonds is 1.